The highest BCUT2D eigenvalue weighted by Crippen LogP contribution is 2.29. The first kappa shape index (κ1) is 24.1. The first-order valence-corrected chi connectivity index (χ1v) is 10.8. The Morgan fingerprint density at radius 2 is 2.00 bits per heavy atom. The average molecular weight is 456 g/mol. The predicted octanol–water partition coefficient (Wildman–Crippen LogP) is 2.29. The molecule has 0 bridgehead atoms. The minimum absolute atomic E-state index is 0.000706. The lowest BCUT2D eigenvalue weighted by Crippen LogP contribution is -2.63. The number of hydrogen-bond acceptors (Lipinski definition) is 8. The van der Waals surface area contributed by atoms with Gasteiger partial charge in [0.1, 0.15) is 12.3 Å². The van der Waals surface area contributed by atoms with Gasteiger partial charge in [0.05, 0.1) is 11.9 Å². The van der Waals surface area contributed by atoms with Crippen LogP contribution in [-0.2, 0) is 19.1 Å². The number of nitrogens with one attached hydrogen (secondary N) is 1. The fraction of sp³-hybridized carbons (Fsp3) is 0.391. The fourth-order valence-corrected chi connectivity index (χ4v) is 3.65. The number of hydrazine groups is 2. The van der Waals surface area contributed by atoms with E-state index >= 15 is 0 Å². The van der Waals surface area contributed by atoms with Crippen molar-refractivity contribution in [3.63, 3.8) is 0 Å². The number of carboxylic acids is 1. The summed E-state index contributed by atoms with van der Waals surface area (Å²) in [6.45, 7) is 5.43. The maximum absolute atomic E-state index is 13.3. The zero-order valence-corrected chi connectivity index (χ0v) is 18.9. The number of benzene rings is 1. The molecule has 0 radical (unpaired) electrons. The Morgan fingerprint density at radius 3 is 2.67 bits per heavy atom. The zero-order valence-electron chi connectivity index (χ0n) is 18.9. The number of carbonyl (C=O) groups is 3. The molecule has 2 heterocycles. The fourth-order valence-electron chi connectivity index (χ4n) is 3.65. The largest absolute Gasteiger partial charge is 0.480 e. The maximum atomic E-state index is 13.3. The summed E-state index contributed by atoms with van der Waals surface area (Å²) in [4.78, 5) is 41.8. The van der Waals surface area contributed by atoms with Crippen molar-refractivity contribution in [1.82, 2.24) is 15.1 Å². The average Bonchev–Trinajstić information content (AvgIpc) is 2.78. The number of nitrogens with zero attached hydrogens (tertiary/aromatic N) is 3. The van der Waals surface area contributed by atoms with Gasteiger partial charge >= 0.3 is 11.9 Å². The van der Waals surface area contributed by atoms with Crippen molar-refractivity contribution < 1.29 is 24.2 Å². The highest BCUT2D eigenvalue weighted by Gasteiger charge is 2.42. The second kappa shape index (κ2) is 10.4. The van der Waals surface area contributed by atoms with Crippen molar-refractivity contribution in [2.24, 2.45) is 11.8 Å². The van der Waals surface area contributed by atoms with E-state index in [1.165, 1.54) is 0 Å². The molecule has 0 saturated carbocycles. The number of carbonyl (C=O) groups excluding carboxylic acids is 2. The minimum atomic E-state index is -1.40. The van der Waals surface area contributed by atoms with Crippen LogP contribution in [0.2, 0.25) is 0 Å². The summed E-state index contributed by atoms with van der Waals surface area (Å²) in [5.74, 6) is 4.05. The summed E-state index contributed by atoms with van der Waals surface area (Å²) in [7, 11) is 0. The van der Waals surface area contributed by atoms with Crippen molar-refractivity contribution in [3.05, 3.63) is 47.9 Å². The molecule has 1 atom stereocenters. The van der Waals surface area contributed by atoms with E-state index < -0.39 is 23.9 Å². The van der Waals surface area contributed by atoms with Crippen molar-refractivity contribution in [3.8, 4) is 0 Å². The van der Waals surface area contributed by atoms with Crippen LogP contribution >= 0.6 is 0 Å². The molecular formula is C23H29N5O5. The molecule has 3 rings (SSSR count). The number of pyridine rings is 1. The molecule has 0 saturated heterocycles. The third kappa shape index (κ3) is 5.29. The lowest BCUT2D eigenvalue weighted by atomic mass is 10.0. The Labute approximate surface area is 191 Å². The molecule has 0 unspecified atom stereocenters. The van der Waals surface area contributed by atoms with Gasteiger partial charge in [0.2, 0.25) is 0 Å². The number of nitrogens with two attached hydrogens (primary N) is 1. The molecule has 4 N–H and O–H groups in total. The number of aromatic nitrogens is 1. The van der Waals surface area contributed by atoms with Crippen LogP contribution in [0.3, 0.4) is 0 Å². The second-order valence-corrected chi connectivity index (χ2v) is 8.17. The van der Waals surface area contributed by atoms with Gasteiger partial charge < -0.3 is 15.2 Å². The van der Waals surface area contributed by atoms with Crippen molar-refractivity contribution in [2.75, 3.05) is 18.5 Å². The summed E-state index contributed by atoms with van der Waals surface area (Å²) in [6, 6.07) is 6.06. The van der Waals surface area contributed by atoms with Crippen LogP contribution in [0.25, 0.3) is 10.8 Å². The van der Waals surface area contributed by atoms with Crippen LogP contribution in [0, 0.1) is 5.92 Å². The number of aliphatic carboxylic acids is 1. The van der Waals surface area contributed by atoms with Crippen molar-refractivity contribution >= 4 is 34.3 Å². The Balaban J connectivity index is 2.03. The number of esters is 1. The molecular weight excluding hydrogens is 426 g/mol. The molecule has 0 spiro atoms. The van der Waals surface area contributed by atoms with Gasteiger partial charge in [0.15, 0.2) is 6.04 Å². The van der Waals surface area contributed by atoms with E-state index in [1.807, 2.05) is 38.1 Å². The Morgan fingerprint density at radius 1 is 1.27 bits per heavy atom. The van der Waals surface area contributed by atoms with Gasteiger partial charge in [-0.15, -0.1) is 5.12 Å². The molecule has 0 fully saturated rings. The summed E-state index contributed by atoms with van der Waals surface area (Å²) < 4.78 is 5.36. The molecule has 1 aliphatic heterocycles. The first-order valence-electron chi connectivity index (χ1n) is 10.8. The third-order valence-electron chi connectivity index (χ3n) is 5.42. The predicted molar refractivity (Wildman–Crippen MR) is 122 cm³/mol. The SMILES string of the molecule is CCN1C(=O)C(Nc2cncc3ccccc23)=C(COC(=O)CCC(C)C)[C@@H](C(=O)O)N1N. The number of carboxylic acid groups (broad SMARTS) is 1. The van der Waals surface area contributed by atoms with Crippen LogP contribution in [-0.4, -0.2) is 57.3 Å². The minimum Gasteiger partial charge on any atom is -0.480 e. The van der Waals surface area contributed by atoms with Gasteiger partial charge in [-0.05, 0) is 19.3 Å². The number of likely N-dealkylation sites (N-methyl/N-ethyl adjacent to an activating group) is 1. The highest BCUT2D eigenvalue weighted by molar-refractivity contribution is 6.03. The number of rotatable bonds is 9. The monoisotopic (exact) mass is 455 g/mol. The number of amides is 1. The zero-order chi connectivity index (χ0) is 24.1. The molecule has 10 nitrogen and oxygen atoms in total. The van der Waals surface area contributed by atoms with Crippen molar-refractivity contribution in [1.29, 1.82) is 0 Å². The van der Waals surface area contributed by atoms with Crippen molar-refractivity contribution in [2.45, 2.75) is 39.7 Å². The summed E-state index contributed by atoms with van der Waals surface area (Å²) in [5, 5.41) is 16.6. The van der Waals surface area contributed by atoms with E-state index in [9.17, 15) is 19.5 Å². The van der Waals surface area contributed by atoms with E-state index in [-0.39, 0.29) is 30.8 Å². The molecule has 1 amide bonds. The normalized spacial score (nSPS) is 17.1. The van der Waals surface area contributed by atoms with E-state index in [0.29, 0.717) is 18.0 Å². The van der Waals surface area contributed by atoms with Gasteiger partial charge in [-0.1, -0.05) is 38.1 Å². The highest BCUT2D eigenvalue weighted by atomic mass is 16.5. The summed E-state index contributed by atoms with van der Waals surface area (Å²) in [5.41, 5.74) is 0.581. The number of anilines is 1. The topological polar surface area (TPSA) is 138 Å². The second-order valence-electron chi connectivity index (χ2n) is 8.17. The van der Waals surface area contributed by atoms with E-state index in [2.05, 4.69) is 10.3 Å². The van der Waals surface area contributed by atoms with Crippen LogP contribution < -0.4 is 11.2 Å². The maximum Gasteiger partial charge on any atom is 0.328 e. The van der Waals surface area contributed by atoms with Gasteiger partial charge in [-0.2, -0.15) is 0 Å². The van der Waals surface area contributed by atoms with Crippen LogP contribution in [0.1, 0.15) is 33.6 Å². The quantitative estimate of drug-likeness (QED) is 0.384. The van der Waals surface area contributed by atoms with Gasteiger partial charge in [0, 0.05) is 35.5 Å². The lowest BCUT2D eigenvalue weighted by Gasteiger charge is -2.40. The number of ether oxygens (including phenoxy) is 1. The van der Waals surface area contributed by atoms with Gasteiger partial charge in [-0.25, -0.2) is 5.84 Å². The standard InChI is InChI=1S/C23H29N5O5/c1-4-27-22(30)20(26-18-12-25-11-15-7-5-6-8-16(15)18)17(21(23(31)32)28(27)24)13-33-19(29)10-9-14(2)3/h5-8,11-12,14,21,26H,4,9-10,13,24H2,1-3H3,(H,31,32)/t21-/m0/s1. The van der Waals surface area contributed by atoms with Crippen LogP contribution in [0.5, 0.6) is 0 Å². The number of hydrogen-bond donors (Lipinski definition) is 3. The third-order valence-corrected chi connectivity index (χ3v) is 5.42. The molecule has 1 aromatic carbocycles. The smallest absolute Gasteiger partial charge is 0.328 e. The molecule has 1 aromatic heterocycles. The molecule has 2 aromatic rings. The molecule has 0 aliphatic carbocycles. The molecule has 10 heteroatoms. The molecule has 1 aliphatic rings. The van der Waals surface area contributed by atoms with Gasteiger partial charge in [-0.3, -0.25) is 24.4 Å². The summed E-state index contributed by atoms with van der Waals surface area (Å²) >= 11 is 0. The first-order chi connectivity index (χ1) is 15.7. The Kier molecular flexibility index (Phi) is 7.62. The summed E-state index contributed by atoms with van der Waals surface area (Å²) in [6.07, 6.45) is 4.07. The van der Waals surface area contributed by atoms with Gasteiger partial charge in [0.25, 0.3) is 5.91 Å². The Hall–Kier alpha value is -3.50. The Bertz CT molecular complexity index is 1080. The van der Waals surface area contributed by atoms with E-state index in [4.69, 9.17) is 10.6 Å². The number of fused-ring (bicyclic) bond motifs is 1. The van der Waals surface area contributed by atoms with Crippen LogP contribution in [0.4, 0.5) is 5.69 Å². The van der Waals surface area contributed by atoms with Crippen LogP contribution in [0.15, 0.2) is 47.9 Å². The molecule has 176 valence electrons. The molecule has 33 heavy (non-hydrogen) atoms. The van der Waals surface area contributed by atoms with E-state index in [0.717, 1.165) is 20.9 Å². The lowest BCUT2D eigenvalue weighted by molar-refractivity contribution is -0.164. The van der Waals surface area contributed by atoms with E-state index in [1.54, 1.807) is 19.3 Å².